The summed E-state index contributed by atoms with van der Waals surface area (Å²) in [5.41, 5.74) is 0. The largest absolute Gasteiger partial charge is 0.300 e. The number of nitrogens with zero attached hydrogens (tertiary/aromatic N) is 1. The number of likely N-dealkylation sites (tertiary alicyclic amines) is 1. The summed E-state index contributed by atoms with van der Waals surface area (Å²) in [6, 6.07) is 4.98. The molecule has 0 saturated carbocycles. The minimum absolute atomic E-state index is 0.331. The van der Waals surface area contributed by atoms with Crippen LogP contribution in [0.1, 0.15) is 55.7 Å². The predicted molar refractivity (Wildman–Crippen MR) is 81.7 cm³/mol. The van der Waals surface area contributed by atoms with E-state index in [-0.39, 0.29) is 0 Å². The zero-order chi connectivity index (χ0) is 13.7. The van der Waals surface area contributed by atoms with Gasteiger partial charge in [-0.05, 0) is 44.9 Å². The normalized spacial score (nSPS) is 21.3. The van der Waals surface area contributed by atoms with Crippen LogP contribution in [0.3, 0.4) is 0 Å². The molecule has 0 N–H and O–H groups in total. The maximum absolute atomic E-state index is 11.4. The molecule has 2 heterocycles. The minimum atomic E-state index is 0.331. The Kier molecular flexibility index (Phi) is 5.59. The first-order valence-electron chi connectivity index (χ1n) is 7.50. The van der Waals surface area contributed by atoms with E-state index in [0.717, 1.165) is 25.9 Å². The van der Waals surface area contributed by atoms with Crippen LogP contribution < -0.4 is 0 Å². The molecule has 1 aliphatic heterocycles. The molecule has 3 heteroatoms. The number of carbonyl (C=O) groups is 1. The van der Waals surface area contributed by atoms with Gasteiger partial charge < -0.3 is 0 Å². The summed E-state index contributed by atoms with van der Waals surface area (Å²) in [6.07, 6.45) is 6.91. The highest BCUT2D eigenvalue weighted by Crippen LogP contribution is 2.25. The lowest BCUT2D eigenvalue weighted by molar-refractivity contribution is -0.118. The molecule has 1 fully saturated rings. The van der Waals surface area contributed by atoms with Gasteiger partial charge in [-0.1, -0.05) is 19.8 Å². The Labute approximate surface area is 120 Å². The number of Topliss-reactive ketones (excluding diaryl/α,β-unsaturated/α-hetero) is 1. The lowest BCUT2D eigenvalue weighted by Gasteiger charge is -2.28. The Balaban J connectivity index is 2.02. The highest BCUT2D eigenvalue weighted by atomic mass is 32.1. The Morgan fingerprint density at radius 3 is 2.79 bits per heavy atom. The zero-order valence-electron chi connectivity index (χ0n) is 12.2. The van der Waals surface area contributed by atoms with Crippen LogP contribution in [0.4, 0.5) is 0 Å². The van der Waals surface area contributed by atoms with Crippen LogP contribution in [-0.4, -0.2) is 23.3 Å². The van der Waals surface area contributed by atoms with Gasteiger partial charge in [-0.25, -0.2) is 0 Å². The van der Waals surface area contributed by atoms with E-state index in [0.29, 0.717) is 11.8 Å². The van der Waals surface area contributed by atoms with Gasteiger partial charge in [0.25, 0.3) is 0 Å². The molecule has 0 aromatic carbocycles. The van der Waals surface area contributed by atoms with Gasteiger partial charge in [0.15, 0.2) is 0 Å². The number of hydrogen-bond donors (Lipinski definition) is 0. The minimum Gasteiger partial charge on any atom is -0.300 e. The predicted octanol–water partition coefficient (Wildman–Crippen LogP) is 4.03. The molecule has 0 amide bonds. The summed E-state index contributed by atoms with van der Waals surface area (Å²) in [5.74, 6) is 0.331. The van der Waals surface area contributed by atoms with Crippen molar-refractivity contribution in [1.29, 1.82) is 0 Å². The summed E-state index contributed by atoms with van der Waals surface area (Å²) in [6.45, 7) is 6.11. The lowest BCUT2D eigenvalue weighted by atomic mass is 10.0. The van der Waals surface area contributed by atoms with Crippen molar-refractivity contribution in [1.82, 2.24) is 4.90 Å². The molecule has 1 saturated heterocycles. The van der Waals surface area contributed by atoms with E-state index in [9.17, 15) is 4.79 Å². The molecule has 1 unspecified atom stereocenters. The number of thiophene rings is 1. The molecular weight excluding hydrogens is 254 g/mol. The summed E-state index contributed by atoms with van der Waals surface area (Å²) < 4.78 is 0. The molecule has 0 bridgehead atoms. The van der Waals surface area contributed by atoms with E-state index in [1.54, 1.807) is 6.92 Å². The average molecular weight is 279 g/mol. The van der Waals surface area contributed by atoms with Gasteiger partial charge in [0.05, 0.1) is 0 Å². The zero-order valence-corrected chi connectivity index (χ0v) is 13.0. The molecule has 0 radical (unpaired) electrons. The van der Waals surface area contributed by atoms with Gasteiger partial charge in [0.1, 0.15) is 5.78 Å². The van der Waals surface area contributed by atoms with Gasteiger partial charge in [0, 0.05) is 28.8 Å². The third kappa shape index (κ3) is 4.43. The van der Waals surface area contributed by atoms with Crippen LogP contribution in [0.15, 0.2) is 12.1 Å². The number of ketones is 1. The van der Waals surface area contributed by atoms with E-state index in [2.05, 4.69) is 24.0 Å². The first kappa shape index (κ1) is 14.7. The monoisotopic (exact) mass is 279 g/mol. The second kappa shape index (κ2) is 7.20. The van der Waals surface area contributed by atoms with Crippen LogP contribution in [0, 0.1) is 0 Å². The third-order valence-electron chi connectivity index (χ3n) is 3.95. The van der Waals surface area contributed by atoms with Crippen LogP contribution in [0.2, 0.25) is 0 Å². The van der Waals surface area contributed by atoms with E-state index in [1.165, 1.54) is 35.4 Å². The lowest BCUT2D eigenvalue weighted by Crippen LogP contribution is -2.35. The second-order valence-electron chi connectivity index (χ2n) is 5.60. The fourth-order valence-electron chi connectivity index (χ4n) is 2.91. The molecule has 19 heavy (non-hydrogen) atoms. The van der Waals surface area contributed by atoms with Gasteiger partial charge >= 0.3 is 0 Å². The van der Waals surface area contributed by atoms with Gasteiger partial charge in [0.2, 0.25) is 0 Å². The van der Waals surface area contributed by atoms with Gasteiger partial charge in [-0.2, -0.15) is 0 Å². The molecule has 1 aromatic heterocycles. The van der Waals surface area contributed by atoms with E-state index >= 15 is 0 Å². The number of hydrogen-bond acceptors (Lipinski definition) is 3. The van der Waals surface area contributed by atoms with Crippen molar-refractivity contribution in [3.63, 3.8) is 0 Å². The summed E-state index contributed by atoms with van der Waals surface area (Å²) >= 11 is 1.93. The van der Waals surface area contributed by atoms with Gasteiger partial charge in [-0.15, -0.1) is 11.3 Å². The first-order valence-corrected chi connectivity index (χ1v) is 8.31. The van der Waals surface area contributed by atoms with Crippen molar-refractivity contribution in [3.05, 3.63) is 21.9 Å². The fraction of sp³-hybridized carbons (Fsp3) is 0.688. The molecule has 2 rings (SSSR count). The van der Waals surface area contributed by atoms with Crippen LogP contribution in [-0.2, 0) is 17.8 Å². The Morgan fingerprint density at radius 1 is 1.32 bits per heavy atom. The molecule has 0 spiro atoms. The second-order valence-corrected chi connectivity index (χ2v) is 6.85. The van der Waals surface area contributed by atoms with Crippen LogP contribution in [0.5, 0.6) is 0 Å². The van der Waals surface area contributed by atoms with Crippen LogP contribution in [0.25, 0.3) is 0 Å². The van der Waals surface area contributed by atoms with Crippen molar-refractivity contribution in [2.24, 2.45) is 0 Å². The molecule has 106 valence electrons. The quantitative estimate of drug-likeness (QED) is 0.811. The smallest absolute Gasteiger partial charge is 0.131 e. The van der Waals surface area contributed by atoms with E-state index < -0.39 is 0 Å². The van der Waals surface area contributed by atoms with Crippen molar-refractivity contribution < 1.29 is 4.79 Å². The summed E-state index contributed by atoms with van der Waals surface area (Å²) in [4.78, 5) is 16.9. The Hall–Kier alpha value is -0.670. The fourth-order valence-corrected chi connectivity index (χ4v) is 3.89. The van der Waals surface area contributed by atoms with E-state index in [1.807, 2.05) is 11.3 Å². The first-order chi connectivity index (χ1) is 9.19. The van der Waals surface area contributed by atoms with Crippen molar-refractivity contribution in [2.45, 2.75) is 65.0 Å². The Bertz CT molecular complexity index is 413. The third-order valence-corrected chi connectivity index (χ3v) is 5.16. The van der Waals surface area contributed by atoms with Crippen LogP contribution >= 0.6 is 11.3 Å². The average Bonchev–Trinajstić information content (AvgIpc) is 2.72. The Morgan fingerprint density at radius 2 is 2.11 bits per heavy atom. The van der Waals surface area contributed by atoms with Crippen molar-refractivity contribution in [2.75, 3.05) is 6.54 Å². The molecule has 2 nitrogen and oxygen atoms in total. The van der Waals surface area contributed by atoms with E-state index in [4.69, 9.17) is 0 Å². The number of aryl methyl sites for hydroxylation is 1. The molecular formula is C16H25NOS. The highest BCUT2D eigenvalue weighted by molar-refractivity contribution is 7.11. The highest BCUT2D eigenvalue weighted by Gasteiger charge is 2.22. The standard InChI is InChI=1S/C16H25NOS/c1-3-15-8-9-16(19-15)12-17-10-6-4-5-7-14(17)11-13(2)18/h8-9,14H,3-7,10-12H2,1-2H3. The van der Waals surface area contributed by atoms with Crippen molar-refractivity contribution >= 4 is 17.1 Å². The molecule has 1 atom stereocenters. The van der Waals surface area contributed by atoms with Gasteiger partial charge in [-0.3, -0.25) is 9.69 Å². The molecule has 0 aliphatic carbocycles. The maximum Gasteiger partial charge on any atom is 0.131 e. The summed E-state index contributed by atoms with van der Waals surface area (Å²) in [5, 5.41) is 0. The number of rotatable bonds is 5. The maximum atomic E-state index is 11.4. The van der Waals surface area contributed by atoms with Crippen molar-refractivity contribution in [3.8, 4) is 0 Å². The SMILES string of the molecule is CCc1ccc(CN2CCCCCC2CC(C)=O)s1. The topological polar surface area (TPSA) is 20.3 Å². The molecule has 1 aliphatic rings. The molecule has 1 aromatic rings. The summed E-state index contributed by atoms with van der Waals surface area (Å²) in [7, 11) is 0. The number of carbonyl (C=O) groups excluding carboxylic acids is 1.